The molecule has 0 unspecified atom stereocenters. The lowest BCUT2D eigenvalue weighted by Crippen LogP contribution is -2.42. The molecule has 100 valence electrons. The van der Waals surface area contributed by atoms with E-state index in [2.05, 4.69) is 4.98 Å². The van der Waals surface area contributed by atoms with Gasteiger partial charge < -0.3 is 5.73 Å². The Labute approximate surface area is 116 Å². The molecule has 2 rings (SSSR count). The molecule has 2 heterocycles. The lowest BCUT2D eigenvalue weighted by atomic mass is 9.97. The number of nitrogens with two attached hydrogens (primary N) is 1. The third-order valence-corrected chi connectivity index (χ3v) is 3.29. The molecule has 1 aromatic rings. The average molecular weight is 277 g/mol. The molecule has 2 amide bonds. The number of rotatable bonds is 3. The molecule has 0 radical (unpaired) electrons. The van der Waals surface area contributed by atoms with Gasteiger partial charge in [0.2, 0.25) is 11.8 Å². The number of piperidine rings is 1. The molecule has 19 heavy (non-hydrogen) atoms. The lowest BCUT2D eigenvalue weighted by molar-refractivity contribution is -0.150. The van der Waals surface area contributed by atoms with E-state index < -0.39 is 0 Å². The third-order valence-electron chi connectivity index (χ3n) is 3.10. The topological polar surface area (TPSA) is 76.3 Å². The average Bonchev–Trinajstić information content (AvgIpc) is 2.34. The molecule has 0 spiro atoms. The Hall–Kier alpha value is -1.82. The van der Waals surface area contributed by atoms with Gasteiger partial charge in [-0.15, -0.1) is 0 Å². The highest BCUT2D eigenvalue weighted by atomic mass is 32.1. The maximum Gasteiger partial charge on any atom is 0.229 e. The van der Waals surface area contributed by atoms with Crippen molar-refractivity contribution < 1.29 is 9.59 Å². The van der Waals surface area contributed by atoms with Crippen LogP contribution in [-0.2, 0) is 16.1 Å². The van der Waals surface area contributed by atoms with Crippen molar-refractivity contribution in [2.24, 2.45) is 11.7 Å². The van der Waals surface area contributed by atoms with Crippen LogP contribution in [0.4, 0.5) is 0 Å². The van der Waals surface area contributed by atoms with Crippen molar-refractivity contribution in [3.05, 3.63) is 29.6 Å². The van der Waals surface area contributed by atoms with E-state index in [1.807, 2.05) is 6.92 Å². The van der Waals surface area contributed by atoms with E-state index in [-0.39, 0.29) is 29.3 Å². The molecule has 1 aromatic heterocycles. The summed E-state index contributed by atoms with van der Waals surface area (Å²) in [4.78, 5) is 29.4. The van der Waals surface area contributed by atoms with E-state index >= 15 is 0 Å². The van der Waals surface area contributed by atoms with Crippen molar-refractivity contribution in [3.8, 4) is 0 Å². The second-order valence-corrected chi connectivity index (χ2v) is 5.20. The summed E-state index contributed by atoms with van der Waals surface area (Å²) in [5.74, 6) is -0.191. The minimum absolute atomic E-state index is 0.111. The lowest BCUT2D eigenvalue weighted by Gasteiger charge is -2.28. The zero-order chi connectivity index (χ0) is 14.0. The monoisotopic (exact) mass is 277 g/mol. The number of carbonyl (C=O) groups is 2. The van der Waals surface area contributed by atoms with Crippen molar-refractivity contribution in [1.82, 2.24) is 9.88 Å². The second-order valence-electron chi connectivity index (χ2n) is 4.76. The predicted molar refractivity (Wildman–Crippen MR) is 74.1 cm³/mol. The zero-order valence-electron chi connectivity index (χ0n) is 10.6. The second kappa shape index (κ2) is 5.44. The molecule has 0 aromatic carbocycles. The first-order valence-electron chi connectivity index (χ1n) is 6.06. The largest absolute Gasteiger partial charge is 0.388 e. The van der Waals surface area contributed by atoms with E-state index in [0.717, 1.165) is 0 Å². The number of pyridine rings is 1. The molecule has 1 aliphatic heterocycles. The fraction of sp³-hybridized carbons (Fsp3) is 0.385. The highest BCUT2D eigenvalue weighted by Crippen LogP contribution is 2.21. The molecule has 0 bridgehead atoms. The van der Waals surface area contributed by atoms with Gasteiger partial charge in [0, 0.05) is 24.6 Å². The molecule has 6 heteroatoms. The number of nitrogens with zero attached hydrogens (tertiary/aromatic N) is 2. The Balaban J connectivity index is 2.24. The summed E-state index contributed by atoms with van der Waals surface area (Å²) < 4.78 is 0. The smallest absolute Gasteiger partial charge is 0.229 e. The summed E-state index contributed by atoms with van der Waals surface area (Å²) in [5, 5.41) is 0. The van der Waals surface area contributed by atoms with Crippen LogP contribution in [0.5, 0.6) is 0 Å². The van der Waals surface area contributed by atoms with E-state index in [1.165, 1.54) is 4.90 Å². The number of hydrogen-bond donors (Lipinski definition) is 1. The summed E-state index contributed by atoms with van der Waals surface area (Å²) in [5.41, 5.74) is 6.76. The van der Waals surface area contributed by atoms with Gasteiger partial charge in [0.25, 0.3) is 0 Å². The van der Waals surface area contributed by atoms with E-state index in [0.29, 0.717) is 24.1 Å². The first-order chi connectivity index (χ1) is 8.99. The van der Waals surface area contributed by atoms with Crippen LogP contribution in [0.3, 0.4) is 0 Å². The van der Waals surface area contributed by atoms with Crippen molar-refractivity contribution in [1.29, 1.82) is 0 Å². The number of carbonyl (C=O) groups excluding carboxylic acids is 2. The highest BCUT2D eigenvalue weighted by molar-refractivity contribution is 7.80. The summed E-state index contributed by atoms with van der Waals surface area (Å²) in [6, 6.07) is 3.51. The Morgan fingerprint density at radius 3 is 2.68 bits per heavy atom. The van der Waals surface area contributed by atoms with Crippen LogP contribution in [0.15, 0.2) is 18.3 Å². The van der Waals surface area contributed by atoms with Crippen molar-refractivity contribution >= 4 is 29.0 Å². The SMILES string of the molecule is CC1CC(=O)N(Cc2cccnc2C(N)=S)C(=O)C1. The van der Waals surface area contributed by atoms with Crippen molar-refractivity contribution in [2.45, 2.75) is 26.3 Å². The van der Waals surface area contributed by atoms with Gasteiger partial charge in [-0.25, -0.2) is 0 Å². The molecule has 5 nitrogen and oxygen atoms in total. The van der Waals surface area contributed by atoms with Crippen LogP contribution in [0.1, 0.15) is 31.0 Å². The Morgan fingerprint density at radius 2 is 2.11 bits per heavy atom. The van der Waals surface area contributed by atoms with Gasteiger partial charge in [-0.05, 0) is 12.0 Å². The van der Waals surface area contributed by atoms with Gasteiger partial charge >= 0.3 is 0 Å². The molecule has 0 aliphatic carbocycles. The zero-order valence-corrected chi connectivity index (χ0v) is 11.4. The Morgan fingerprint density at radius 1 is 1.47 bits per heavy atom. The number of imide groups is 1. The molecule has 2 N–H and O–H groups in total. The van der Waals surface area contributed by atoms with E-state index in [1.54, 1.807) is 18.3 Å². The van der Waals surface area contributed by atoms with Gasteiger partial charge in [0.15, 0.2) is 0 Å². The number of hydrogen-bond acceptors (Lipinski definition) is 4. The van der Waals surface area contributed by atoms with Crippen LogP contribution < -0.4 is 5.73 Å². The quantitative estimate of drug-likeness (QED) is 0.659. The van der Waals surface area contributed by atoms with Crippen LogP contribution >= 0.6 is 12.2 Å². The summed E-state index contributed by atoms with van der Waals surface area (Å²) in [7, 11) is 0. The number of aromatic nitrogens is 1. The van der Waals surface area contributed by atoms with Crippen molar-refractivity contribution in [2.75, 3.05) is 0 Å². The van der Waals surface area contributed by atoms with Crippen LogP contribution in [-0.4, -0.2) is 26.7 Å². The minimum Gasteiger partial charge on any atom is -0.388 e. The predicted octanol–water partition coefficient (Wildman–Crippen LogP) is 1.00. The maximum atomic E-state index is 11.9. The number of likely N-dealkylation sites (tertiary alicyclic amines) is 1. The Bertz CT molecular complexity index is 526. The number of thiocarbonyl (C=S) groups is 1. The molecule has 0 atom stereocenters. The van der Waals surface area contributed by atoms with Crippen LogP contribution in [0.25, 0.3) is 0 Å². The van der Waals surface area contributed by atoms with Gasteiger partial charge in [0.1, 0.15) is 10.7 Å². The molecule has 1 aliphatic rings. The standard InChI is InChI=1S/C13H15N3O2S/c1-8-5-10(17)16(11(18)6-8)7-9-3-2-4-15-12(9)13(14)19/h2-4,8H,5-7H2,1H3,(H2,14,19). The number of amides is 2. The van der Waals surface area contributed by atoms with Gasteiger partial charge in [-0.3, -0.25) is 19.5 Å². The van der Waals surface area contributed by atoms with Gasteiger partial charge in [0.05, 0.1) is 6.54 Å². The molecule has 1 saturated heterocycles. The summed E-state index contributed by atoms with van der Waals surface area (Å²) in [6.07, 6.45) is 2.38. The Kier molecular flexibility index (Phi) is 3.90. The molecular weight excluding hydrogens is 262 g/mol. The summed E-state index contributed by atoms with van der Waals surface area (Å²) in [6.45, 7) is 2.09. The molecule has 1 fully saturated rings. The van der Waals surface area contributed by atoms with Crippen molar-refractivity contribution in [3.63, 3.8) is 0 Å². The van der Waals surface area contributed by atoms with Crippen LogP contribution in [0, 0.1) is 5.92 Å². The normalized spacial score (nSPS) is 16.8. The minimum atomic E-state index is -0.151. The van der Waals surface area contributed by atoms with Gasteiger partial charge in [-0.2, -0.15) is 0 Å². The maximum absolute atomic E-state index is 11.9. The van der Waals surface area contributed by atoms with Crippen LogP contribution in [0.2, 0.25) is 0 Å². The summed E-state index contributed by atoms with van der Waals surface area (Å²) >= 11 is 4.92. The fourth-order valence-corrected chi connectivity index (χ4v) is 2.35. The first kappa shape index (κ1) is 13.6. The molecule has 0 saturated carbocycles. The van der Waals surface area contributed by atoms with Gasteiger partial charge in [-0.1, -0.05) is 25.2 Å². The van der Waals surface area contributed by atoms with E-state index in [4.69, 9.17) is 18.0 Å². The first-order valence-corrected chi connectivity index (χ1v) is 6.46. The molecular formula is C13H15N3O2S. The van der Waals surface area contributed by atoms with E-state index in [9.17, 15) is 9.59 Å². The fourth-order valence-electron chi connectivity index (χ4n) is 2.16. The third kappa shape index (κ3) is 2.96. The highest BCUT2D eigenvalue weighted by Gasteiger charge is 2.30.